The highest BCUT2D eigenvalue weighted by Crippen LogP contribution is 2.25. The van der Waals surface area contributed by atoms with E-state index in [1.54, 1.807) is 24.1 Å². The molecule has 0 unspecified atom stereocenters. The van der Waals surface area contributed by atoms with Gasteiger partial charge in [-0.05, 0) is 17.7 Å². The number of piperazine rings is 1. The van der Waals surface area contributed by atoms with Gasteiger partial charge in [0.05, 0.1) is 13.2 Å². The number of aliphatic hydroxyl groups excluding tert-OH is 1. The fourth-order valence-corrected chi connectivity index (χ4v) is 3.17. The lowest BCUT2D eigenvalue weighted by molar-refractivity contribution is -0.135. The highest BCUT2D eigenvalue weighted by atomic mass is 16.5. The van der Waals surface area contributed by atoms with Crippen LogP contribution in [-0.4, -0.2) is 67.3 Å². The average molecular weight is 370 g/mol. The van der Waals surface area contributed by atoms with Crippen molar-refractivity contribution < 1.29 is 19.4 Å². The molecule has 1 atom stereocenters. The molecule has 1 N–H and O–H groups in total. The quantitative estimate of drug-likeness (QED) is 0.807. The van der Waals surface area contributed by atoms with Gasteiger partial charge in [0.2, 0.25) is 0 Å². The molecule has 1 aliphatic heterocycles. The zero-order chi connectivity index (χ0) is 19.1. The van der Waals surface area contributed by atoms with Crippen LogP contribution in [0.1, 0.15) is 11.7 Å². The Hall–Kier alpha value is -2.57. The van der Waals surface area contributed by atoms with E-state index >= 15 is 0 Å². The number of methoxy groups -OCH3 is 1. The molecule has 1 aliphatic rings. The molecule has 27 heavy (non-hydrogen) atoms. The molecule has 2 aromatic rings. The highest BCUT2D eigenvalue weighted by molar-refractivity contribution is 5.78. The van der Waals surface area contributed by atoms with Gasteiger partial charge in [-0.2, -0.15) is 0 Å². The van der Waals surface area contributed by atoms with E-state index in [0.29, 0.717) is 31.1 Å². The monoisotopic (exact) mass is 370 g/mol. The predicted octanol–water partition coefficient (Wildman–Crippen LogP) is 1.95. The molecular formula is C21H26N2O4. The van der Waals surface area contributed by atoms with Crippen LogP contribution in [0.15, 0.2) is 54.6 Å². The van der Waals surface area contributed by atoms with Crippen LogP contribution in [0.4, 0.5) is 0 Å². The Balaban J connectivity index is 1.44. The largest absolute Gasteiger partial charge is 0.493 e. The zero-order valence-electron chi connectivity index (χ0n) is 15.6. The van der Waals surface area contributed by atoms with Crippen LogP contribution in [-0.2, 0) is 4.79 Å². The molecule has 6 nitrogen and oxygen atoms in total. The summed E-state index contributed by atoms with van der Waals surface area (Å²) in [5.41, 5.74) is 0.918. The molecule has 0 bridgehead atoms. The first kappa shape index (κ1) is 19.2. The van der Waals surface area contributed by atoms with Crippen LogP contribution in [0.2, 0.25) is 0 Å². The van der Waals surface area contributed by atoms with Gasteiger partial charge in [-0.25, -0.2) is 0 Å². The van der Waals surface area contributed by atoms with Crippen LogP contribution in [0.25, 0.3) is 0 Å². The van der Waals surface area contributed by atoms with Crippen LogP contribution in [0.3, 0.4) is 0 Å². The Morgan fingerprint density at radius 2 is 1.63 bits per heavy atom. The number of carbonyl (C=O) groups excluding carboxylic acids is 1. The third-order valence-electron chi connectivity index (χ3n) is 4.76. The maximum atomic E-state index is 12.4. The number of ether oxygens (including phenoxy) is 2. The second-order valence-corrected chi connectivity index (χ2v) is 6.55. The van der Waals surface area contributed by atoms with Crippen molar-refractivity contribution in [3.8, 4) is 11.5 Å². The number of amides is 1. The number of carbonyl (C=O) groups is 1. The first-order chi connectivity index (χ1) is 13.2. The summed E-state index contributed by atoms with van der Waals surface area (Å²) in [5.74, 6) is 1.15. The lowest BCUT2D eigenvalue weighted by Crippen LogP contribution is -2.50. The van der Waals surface area contributed by atoms with Crippen LogP contribution < -0.4 is 9.47 Å². The van der Waals surface area contributed by atoms with Crippen molar-refractivity contribution in [2.75, 3.05) is 46.4 Å². The molecule has 0 aromatic heterocycles. The number of rotatable bonds is 7. The second-order valence-electron chi connectivity index (χ2n) is 6.55. The predicted molar refractivity (Wildman–Crippen MR) is 103 cm³/mol. The lowest BCUT2D eigenvalue weighted by atomic mass is 10.1. The Morgan fingerprint density at radius 1 is 1.00 bits per heavy atom. The average Bonchev–Trinajstić information content (AvgIpc) is 2.73. The summed E-state index contributed by atoms with van der Waals surface area (Å²) in [6, 6.07) is 16.9. The molecular weight excluding hydrogens is 344 g/mol. The van der Waals surface area contributed by atoms with E-state index in [-0.39, 0.29) is 12.5 Å². The van der Waals surface area contributed by atoms with E-state index in [2.05, 4.69) is 4.90 Å². The molecule has 1 heterocycles. The molecule has 3 rings (SSSR count). The fraction of sp³-hybridized carbons (Fsp3) is 0.381. The molecule has 0 spiro atoms. The molecule has 1 fully saturated rings. The normalized spacial score (nSPS) is 16.0. The van der Waals surface area contributed by atoms with Gasteiger partial charge in [0, 0.05) is 32.7 Å². The van der Waals surface area contributed by atoms with Gasteiger partial charge in [-0.15, -0.1) is 0 Å². The Kier molecular flexibility index (Phi) is 6.68. The van der Waals surface area contributed by atoms with Crippen molar-refractivity contribution in [3.05, 3.63) is 60.2 Å². The number of benzene rings is 2. The molecule has 0 saturated carbocycles. The van der Waals surface area contributed by atoms with Crippen molar-refractivity contribution in [1.82, 2.24) is 9.80 Å². The molecule has 1 amide bonds. The topological polar surface area (TPSA) is 62.2 Å². The van der Waals surface area contributed by atoms with Gasteiger partial charge in [0.15, 0.2) is 18.1 Å². The lowest BCUT2D eigenvalue weighted by Gasteiger charge is -2.35. The Morgan fingerprint density at radius 3 is 2.30 bits per heavy atom. The van der Waals surface area contributed by atoms with Crippen LogP contribution in [0, 0.1) is 0 Å². The summed E-state index contributed by atoms with van der Waals surface area (Å²) in [7, 11) is 1.58. The number of aliphatic hydroxyl groups is 1. The third-order valence-corrected chi connectivity index (χ3v) is 4.76. The Bertz CT molecular complexity index is 730. The van der Waals surface area contributed by atoms with Gasteiger partial charge in [0.25, 0.3) is 5.91 Å². The zero-order valence-corrected chi connectivity index (χ0v) is 15.6. The van der Waals surface area contributed by atoms with Crippen LogP contribution in [0.5, 0.6) is 11.5 Å². The van der Waals surface area contributed by atoms with E-state index in [1.165, 1.54) is 0 Å². The molecule has 6 heteroatoms. The first-order valence-corrected chi connectivity index (χ1v) is 9.16. The van der Waals surface area contributed by atoms with Crippen molar-refractivity contribution in [2.45, 2.75) is 6.10 Å². The van der Waals surface area contributed by atoms with Crippen molar-refractivity contribution in [3.63, 3.8) is 0 Å². The number of nitrogens with zero attached hydrogens (tertiary/aromatic N) is 2. The summed E-state index contributed by atoms with van der Waals surface area (Å²) < 4.78 is 10.9. The summed E-state index contributed by atoms with van der Waals surface area (Å²) in [6.45, 7) is 3.32. The third kappa shape index (κ3) is 5.21. The molecule has 144 valence electrons. The van der Waals surface area contributed by atoms with Crippen molar-refractivity contribution in [2.24, 2.45) is 0 Å². The van der Waals surface area contributed by atoms with Crippen molar-refractivity contribution in [1.29, 1.82) is 0 Å². The maximum absolute atomic E-state index is 12.4. The van der Waals surface area contributed by atoms with E-state index in [1.807, 2.05) is 42.5 Å². The van der Waals surface area contributed by atoms with Gasteiger partial charge >= 0.3 is 0 Å². The minimum Gasteiger partial charge on any atom is -0.493 e. The smallest absolute Gasteiger partial charge is 0.260 e. The van der Waals surface area contributed by atoms with Crippen molar-refractivity contribution >= 4 is 5.91 Å². The summed E-state index contributed by atoms with van der Waals surface area (Å²) in [5, 5.41) is 10.4. The summed E-state index contributed by atoms with van der Waals surface area (Å²) in [6.07, 6.45) is -0.512. The number of hydrogen-bond donors (Lipinski definition) is 1. The van der Waals surface area contributed by atoms with E-state index in [0.717, 1.165) is 18.7 Å². The molecule has 0 radical (unpaired) electrons. The SMILES string of the molecule is COc1ccccc1OCC(=O)N1CCN(C[C@@H](O)c2ccccc2)CC1. The molecule has 0 aliphatic carbocycles. The fourth-order valence-electron chi connectivity index (χ4n) is 3.17. The van der Waals surface area contributed by atoms with Gasteiger partial charge in [-0.3, -0.25) is 9.69 Å². The summed E-state index contributed by atoms with van der Waals surface area (Å²) in [4.78, 5) is 16.4. The van der Waals surface area contributed by atoms with E-state index in [4.69, 9.17) is 9.47 Å². The summed E-state index contributed by atoms with van der Waals surface area (Å²) >= 11 is 0. The minimum absolute atomic E-state index is 0.00693. The molecule has 1 saturated heterocycles. The van der Waals surface area contributed by atoms with E-state index in [9.17, 15) is 9.90 Å². The van der Waals surface area contributed by atoms with E-state index < -0.39 is 6.10 Å². The number of hydrogen-bond acceptors (Lipinski definition) is 5. The van der Waals surface area contributed by atoms with Crippen LogP contribution >= 0.6 is 0 Å². The van der Waals surface area contributed by atoms with Gasteiger partial charge in [0.1, 0.15) is 0 Å². The standard InChI is InChI=1S/C21H26N2O4/c1-26-19-9-5-6-10-20(19)27-16-21(25)23-13-11-22(12-14-23)15-18(24)17-7-3-2-4-8-17/h2-10,18,24H,11-16H2,1H3/t18-/m1/s1. The highest BCUT2D eigenvalue weighted by Gasteiger charge is 2.23. The number of β-amino-alcohol motifs (C(OH)–C–C–N with tert-alkyl or cyclic N) is 1. The first-order valence-electron chi connectivity index (χ1n) is 9.16. The van der Waals surface area contributed by atoms with Gasteiger partial charge < -0.3 is 19.5 Å². The molecule has 2 aromatic carbocycles. The second kappa shape index (κ2) is 9.39. The minimum atomic E-state index is -0.512. The maximum Gasteiger partial charge on any atom is 0.260 e. The Labute approximate surface area is 159 Å². The van der Waals surface area contributed by atoms with Gasteiger partial charge in [-0.1, -0.05) is 42.5 Å². The number of para-hydroxylation sites is 2.